The second-order valence-electron chi connectivity index (χ2n) is 8.56. The monoisotopic (exact) mass is 412 g/mol. The molecule has 3 atom stereocenters. The van der Waals surface area contributed by atoms with Crippen molar-refractivity contribution in [2.45, 2.75) is 45.2 Å². The van der Waals surface area contributed by atoms with E-state index >= 15 is 0 Å². The first-order chi connectivity index (χ1) is 13.8. The summed E-state index contributed by atoms with van der Waals surface area (Å²) < 4.78 is 26.1. The van der Waals surface area contributed by atoms with Crippen molar-refractivity contribution in [3.05, 3.63) is 65.2 Å². The molecule has 5 nitrogen and oxygen atoms in total. The minimum absolute atomic E-state index is 0.0708. The number of rotatable bonds is 6. The van der Waals surface area contributed by atoms with Crippen LogP contribution in [0.1, 0.15) is 47.2 Å². The van der Waals surface area contributed by atoms with Crippen LogP contribution in [-0.2, 0) is 16.6 Å². The number of benzene rings is 2. The van der Waals surface area contributed by atoms with E-state index in [0.29, 0.717) is 17.2 Å². The fourth-order valence-corrected chi connectivity index (χ4v) is 5.60. The van der Waals surface area contributed by atoms with Crippen LogP contribution >= 0.6 is 0 Å². The lowest BCUT2D eigenvalue weighted by Gasteiger charge is -2.24. The van der Waals surface area contributed by atoms with Gasteiger partial charge in [0.2, 0.25) is 10.0 Å². The Balaban J connectivity index is 1.48. The van der Waals surface area contributed by atoms with Crippen LogP contribution in [0, 0.1) is 18.8 Å². The lowest BCUT2D eigenvalue weighted by molar-refractivity contribution is 0.0923. The number of aryl methyl sites for hydroxylation is 1. The third kappa shape index (κ3) is 4.47. The average molecular weight is 413 g/mol. The van der Waals surface area contributed by atoms with Crippen LogP contribution in [0.3, 0.4) is 0 Å². The number of hydrogen-bond acceptors (Lipinski definition) is 3. The van der Waals surface area contributed by atoms with Gasteiger partial charge in [-0.2, -0.15) is 0 Å². The third-order valence-corrected chi connectivity index (χ3v) is 7.46. The molecule has 2 aromatic carbocycles. The van der Waals surface area contributed by atoms with Gasteiger partial charge >= 0.3 is 0 Å². The Morgan fingerprint density at radius 3 is 2.28 bits per heavy atom. The normalized spacial score (nSPS) is 23.2. The van der Waals surface area contributed by atoms with Gasteiger partial charge in [-0.15, -0.1) is 0 Å². The largest absolute Gasteiger partial charge is 0.349 e. The van der Waals surface area contributed by atoms with Crippen LogP contribution in [0.15, 0.2) is 48.5 Å². The van der Waals surface area contributed by atoms with Crippen molar-refractivity contribution >= 4 is 21.6 Å². The molecule has 1 N–H and O–H groups in total. The number of nitrogens with zero attached hydrogens (tertiary/aromatic N) is 1. The molecule has 2 aromatic rings. The Bertz CT molecular complexity index is 984. The molecule has 0 unspecified atom stereocenters. The van der Waals surface area contributed by atoms with E-state index in [9.17, 15) is 13.2 Å². The molecule has 0 radical (unpaired) electrons. The van der Waals surface area contributed by atoms with Crippen LogP contribution in [0.4, 0.5) is 5.69 Å². The summed E-state index contributed by atoms with van der Waals surface area (Å²) in [5.74, 6) is 1.33. The summed E-state index contributed by atoms with van der Waals surface area (Å²) in [6.45, 7) is 2.26. The van der Waals surface area contributed by atoms with Crippen LogP contribution in [0.5, 0.6) is 0 Å². The highest BCUT2D eigenvalue weighted by Crippen LogP contribution is 2.44. The number of hydrogen-bond donors (Lipinski definition) is 1. The fraction of sp³-hybridized carbons (Fsp3) is 0.435. The predicted molar refractivity (Wildman–Crippen MR) is 115 cm³/mol. The van der Waals surface area contributed by atoms with Gasteiger partial charge in [0.15, 0.2) is 0 Å². The summed E-state index contributed by atoms with van der Waals surface area (Å²) in [6.07, 6.45) is 6.06. The topological polar surface area (TPSA) is 66.5 Å². The molecule has 154 valence electrons. The Hall–Kier alpha value is -2.34. The minimum atomic E-state index is -3.45. The number of fused-ring (bicyclic) bond motifs is 2. The maximum atomic E-state index is 12.6. The van der Waals surface area contributed by atoms with Gasteiger partial charge in [-0.25, -0.2) is 8.42 Å². The van der Waals surface area contributed by atoms with Crippen molar-refractivity contribution in [3.63, 3.8) is 0 Å². The lowest BCUT2D eigenvalue weighted by atomic mass is 9.95. The molecule has 4 rings (SSSR count). The molecule has 2 aliphatic carbocycles. The van der Waals surface area contributed by atoms with Gasteiger partial charge < -0.3 is 5.32 Å². The van der Waals surface area contributed by atoms with E-state index in [-0.39, 0.29) is 18.5 Å². The molecule has 0 aliphatic heterocycles. The maximum Gasteiger partial charge on any atom is 0.251 e. The Morgan fingerprint density at radius 2 is 1.72 bits per heavy atom. The van der Waals surface area contributed by atoms with Crippen molar-refractivity contribution < 1.29 is 13.2 Å². The Labute approximate surface area is 173 Å². The summed E-state index contributed by atoms with van der Waals surface area (Å²) >= 11 is 0. The highest BCUT2D eigenvalue weighted by Gasteiger charge is 2.40. The number of carbonyl (C=O) groups excluding carboxylic acids is 1. The molecule has 2 bridgehead atoms. The predicted octanol–water partition coefficient (Wildman–Crippen LogP) is 3.88. The summed E-state index contributed by atoms with van der Waals surface area (Å²) in [4.78, 5) is 12.6. The first kappa shape index (κ1) is 20.0. The van der Waals surface area contributed by atoms with E-state index in [1.54, 1.807) is 24.3 Å². The zero-order chi connectivity index (χ0) is 20.6. The van der Waals surface area contributed by atoms with Crippen molar-refractivity contribution in [3.8, 4) is 0 Å². The standard InChI is InChI=1S/C23H28N2O3S/c1-16-3-5-17(6-4-16)15-25(29(2,27)28)21-11-9-19(10-12-21)23(26)24-22-14-18-7-8-20(22)13-18/h3-6,9-12,18,20,22H,7-8,13-15H2,1-2H3,(H,24,26)/t18-,20+,22+/m1/s1. The van der Waals surface area contributed by atoms with Crippen LogP contribution in [-0.4, -0.2) is 26.6 Å². The van der Waals surface area contributed by atoms with Gasteiger partial charge in [-0.3, -0.25) is 9.10 Å². The van der Waals surface area contributed by atoms with Gasteiger partial charge in [0.1, 0.15) is 0 Å². The van der Waals surface area contributed by atoms with Crippen molar-refractivity contribution in [1.29, 1.82) is 0 Å². The van der Waals surface area contributed by atoms with Crippen LogP contribution < -0.4 is 9.62 Å². The summed E-state index contributed by atoms with van der Waals surface area (Å²) in [5, 5.41) is 3.18. The van der Waals surface area contributed by atoms with E-state index < -0.39 is 10.0 Å². The second-order valence-corrected chi connectivity index (χ2v) is 10.5. The highest BCUT2D eigenvalue weighted by molar-refractivity contribution is 7.92. The van der Waals surface area contributed by atoms with Gasteiger partial charge in [0.05, 0.1) is 18.5 Å². The average Bonchev–Trinajstić information content (AvgIpc) is 3.30. The number of nitrogens with one attached hydrogen (secondary N) is 1. The van der Waals surface area contributed by atoms with Gasteiger partial charge in [-0.05, 0) is 67.9 Å². The molecule has 0 heterocycles. The SMILES string of the molecule is Cc1ccc(CN(c2ccc(C(=O)N[C@H]3C[C@@H]4CC[C@H]3C4)cc2)S(C)(=O)=O)cc1. The van der Waals surface area contributed by atoms with Crippen LogP contribution in [0.2, 0.25) is 0 Å². The number of anilines is 1. The molecule has 0 aromatic heterocycles. The van der Waals surface area contributed by atoms with Gasteiger partial charge in [-0.1, -0.05) is 36.2 Å². The Kier molecular flexibility index (Phi) is 5.38. The van der Waals surface area contributed by atoms with E-state index in [2.05, 4.69) is 5.32 Å². The second kappa shape index (κ2) is 7.82. The van der Waals surface area contributed by atoms with E-state index in [1.165, 1.54) is 29.8 Å². The Morgan fingerprint density at radius 1 is 1.03 bits per heavy atom. The fourth-order valence-electron chi connectivity index (χ4n) is 4.71. The lowest BCUT2D eigenvalue weighted by Crippen LogP contribution is -2.38. The molecule has 6 heteroatoms. The molecule has 0 saturated heterocycles. The first-order valence-electron chi connectivity index (χ1n) is 10.2. The van der Waals surface area contributed by atoms with E-state index in [0.717, 1.165) is 23.5 Å². The summed E-state index contributed by atoms with van der Waals surface area (Å²) in [7, 11) is -3.45. The zero-order valence-corrected chi connectivity index (χ0v) is 17.8. The molecule has 29 heavy (non-hydrogen) atoms. The van der Waals surface area contributed by atoms with E-state index in [4.69, 9.17) is 0 Å². The number of amides is 1. The smallest absolute Gasteiger partial charge is 0.251 e. The summed E-state index contributed by atoms with van der Waals surface area (Å²) in [6, 6.07) is 15.0. The molecular weight excluding hydrogens is 384 g/mol. The minimum Gasteiger partial charge on any atom is -0.349 e. The zero-order valence-electron chi connectivity index (χ0n) is 17.0. The van der Waals surface area contributed by atoms with Crippen LogP contribution in [0.25, 0.3) is 0 Å². The molecular formula is C23H28N2O3S. The first-order valence-corrected chi connectivity index (χ1v) is 12.1. The molecule has 2 aliphatic rings. The van der Waals surface area contributed by atoms with Crippen molar-refractivity contribution in [1.82, 2.24) is 5.32 Å². The highest BCUT2D eigenvalue weighted by atomic mass is 32.2. The summed E-state index contributed by atoms with van der Waals surface area (Å²) in [5.41, 5.74) is 3.18. The van der Waals surface area contributed by atoms with E-state index in [1.807, 2.05) is 31.2 Å². The maximum absolute atomic E-state index is 12.6. The molecule has 2 saturated carbocycles. The number of sulfonamides is 1. The molecule has 1 amide bonds. The molecule has 0 spiro atoms. The molecule has 2 fully saturated rings. The van der Waals surface area contributed by atoms with Crippen molar-refractivity contribution in [2.24, 2.45) is 11.8 Å². The van der Waals surface area contributed by atoms with Gasteiger partial charge in [0, 0.05) is 11.6 Å². The van der Waals surface area contributed by atoms with Gasteiger partial charge in [0.25, 0.3) is 5.91 Å². The number of carbonyl (C=O) groups is 1. The third-order valence-electron chi connectivity index (χ3n) is 6.32. The quantitative estimate of drug-likeness (QED) is 0.783. The van der Waals surface area contributed by atoms with Crippen molar-refractivity contribution in [2.75, 3.05) is 10.6 Å².